The lowest BCUT2D eigenvalue weighted by Crippen LogP contribution is -2.59. The highest BCUT2D eigenvalue weighted by molar-refractivity contribution is 9.09. The highest BCUT2D eigenvalue weighted by Gasteiger charge is 2.48. The highest BCUT2D eigenvalue weighted by atomic mass is 79.9. The Morgan fingerprint density at radius 1 is 0.750 bits per heavy atom. The zero-order valence-corrected chi connectivity index (χ0v) is 21.4. The molecule has 7 heteroatoms. The summed E-state index contributed by atoms with van der Waals surface area (Å²) < 4.78 is 56.2. The SMILES string of the molecule is [2H]C(O[C@H]1[C@H](OC([2H])c2ccccc2)[C@@H](COC(C)=O)OC(Br)[C@H]1OC([2H])c1ccccc1)c1ccccc1. The van der Waals surface area contributed by atoms with Crippen molar-refractivity contribution >= 4 is 21.9 Å². The van der Waals surface area contributed by atoms with Gasteiger partial charge in [-0.25, -0.2) is 0 Å². The van der Waals surface area contributed by atoms with Crippen molar-refractivity contribution in [1.29, 1.82) is 0 Å². The molecule has 0 N–H and O–H groups in total. The van der Waals surface area contributed by atoms with Gasteiger partial charge in [0, 0.05) is 6.92 Å². The molecule has 0 aliphatic carbocycles. The molecule has 3 aromatic rings. The third-order valence-corrected chi connectivity index (χ3v) is 6.25. The van der Waals surface area contributed by atoms with Gasteiger partial charge in [-0.3, -0.25) is 4.79 Å². The van der Waals surface area contributed by atoms with Crippen LogP contribution in [0.1, 0.15) is 27.7 Å². The lowest BCUT2D eigenvalue weighted by Gasteiger charge is -2.44. The van der Waals surface area contributed by atoms with Crippen LogP contribution in [0.5, 0.6) is 0 Å². The molecule has 8 atom stereocenters. The number of alkyl halides is 1. The molecule has 0 amide bonds. The maximum absolute atomic E-state index is 11.7. The Hall–Kier alpha value is -2.55. The normalized spacial score (nSPS) is 27.6. The van der Waals surface area contributed by atoms with Gasteiger partial charge in [0.25, 0.3) is 0 Å². The lowest BCUT2D eigenvalue weighted by atomic mass is 9.99. The summed E-state index contributed by atoms with van der Waals surface area (Å²) in [6, 6.07) is 27.1. The zero-order valence-electron chi connectivity index (χ0n) is 22.8. The number of carbonyl (C=O) groups is 1. The summed E-state index contributed by atoms with van der Waals surface area (Å²) in [6.07, 6.45) is -3.71. The number of hydrogen-bond donors (Lipinski definition) is 0. The average Bonchev–Trinajstić information content (AvgIpc) is 2.96. The molecule has 36 heavy (non-hydrogen) atoms. The maximum Gasteiger partial charge on any atom is 0.302 e. The molecule has 0 aromatic heterocycles. The molecule has 0 bridgehead atoms. The fourth-order valence-electron chi connectivity index (χ4n) is 3.73. The molecule has 1 aliphatic heterocycles. The Kier molecular flexibility index (Phi) is 8.60. The summed E-state index contributed by atoms with van der Waals surface area (Å²) in [5.74, 6) is -0.497. The van der Waals surface area contributed by atoms with E-state index in [0.29, 0.717) is 16.7 Å². The van der Waals surface area contributed by atoms with E-state index in [1.807, 2.05) is 54.6 Å². The number of rotatable bonds is 11. The topological polar surface area (TPSA) is 63.2 Å². The summed E-state index contributed by atoms with van der Waals surface area (Å²) in [5, 5.41) is -0.789. The molecule has 3 aromatic carbocycles. The summed E-state index contributed by atoms with van der Waals surface area (Å²) in [5.41, 5.74) is 1.85. The van der Waals surface area contributed by atoms with Gasteiger partial charge >= 0.3 is 5.97 Å². The first-order valence-electron chi connectivity index (χ1n) is 13.4. The van der Waals surface area contributed by atoms with Gasteiger partial charge in [-0.05, 0) is 16.7 Å². The van der Waals surface area contributed by atoms with Crippen molar-refractivity contribution in [2.75, 3.05) is 6.61 Å². The van der Waals surface area contributed by atoms with Crippen molar-refractivity contribution in [2.45, 2.75) is 56.1 Å². The van der Waals surface area contributed by atoms with E-state index in [4.69, 9.17) is 27.8 Å². The molecular weight excluding hydrogens is 524 g/mol. The van der Waals surface area contributed by atoms with E-state index in [9.17, 15) is 4.79 Å². The standard InChI is InChI=1S/C29H31BrO6/c1-21(31)32-20-25-26(33-17-22-11-5-2-6-12-22)27(34-18-23-13-7-3-8-14-23)28(29(30)36-25)35-19-24-15-9-4-10-16-24/h2-16,25-29H,17-20H2,1H3/t25-,26-,27+,28+,29?/m1/s1/i17D,18D,19D/t17?,18?,19?,25-,26-,27+,28+,29?. The van der Waals surface area contributed by atoms with E-state index in [-0.39, 0.29) is 6.61 Å². The van der Waals surface area contributed by atoms with Gasteiger partial charge in [0.1, 0.15) is 36.0 Å². The van der Waals surface area contributed by atoms with Crippen LogP contribution in [0.2, 0.25) is 0 Å². The fourth-order valence-corrected chi connectivity index (χ4v) is 4.43. The van der Waals surface area contributed by atoms with E-state index >= 15 is 0 Å². The Morgan fingerprint density at radius 2 is 1.17 bits per heavy atom. The van der Waals surface area contributed by atoms with Crippen LogP contribution < -0.4 is 0 Å². The number of esters is 1. The highest BCUT2D eigenvalue weighted by Crippen LogP contribution is 2.33. The monoisotopic (exact) mass is 557 g/mol. The molecule has 4 rings (SSSR count). The van der Waals surface area contributed by atoms with Gasteiger partial charge in [-0.1, -0.05) is 107 Å². The molecule has 1 heterocycles. The first-order chi connectivity index (χ1) is 18.8. The van der Waals surface area contributed by atoms with Crippen molar-refractivity contribution in [3.8, 4) is 0 Å². The quantitative estimate of drug-likeness (QED) is 0.231. The fraction of sp³-hybridized carbons (Fsp3) is 0.345. The first kappa shape index (κ1) is 22.6. The summed E-state index contributed by atoms with van der Waals surface area (Å²) in [6.45, 7) is -2.20. The predicted octanol–water partition coefficient (Wildman–Crippen LogP) is 5.43. The first-order valence-corrected chi connectivity index (χ1v) is 12.6. The van der Waals surface area contributed by atoms with Gasteiger partial charge < -0.3 is 23.7 Å². The largest absolute Gasteiger partial charge is 0.463 e. The van der Waals surface area contributed by atoms with Crippen molar-refractivity contribution in [3.05, 3.63) is 108 Å². The summed E-state index contributed by atoms with van der Waals surface area (Å²) in [4.78, 5) is 11.7. The summed E-state index contributed by atoms with van der Waals surface area (Å²) >= 11 is 3.51. The third-order valence-electron chi connectivity index (χ3n) is 5.51. The van der Waals surface area contributed by atoms with Crippen LogP contribution in [0.15, 0.2) is 91.0 Å². The minimum atomic E-state index is -1.12. The minimum Gasteiger partial charge on any atom is -0.463 e. The van der Waals surface area contributed by atoms with Gasteiger partial charge in [0.15, 0.2) is 0 Å². The van der Waals surface area contributed by atoms with Crippen molar-refractivity contribution in [1.82, 2.24) is 0 Å². The molecule has 1 fully saturated rings. The second kappa shape index (κ2) is 13.7. The van der Waals surface area contributed by atoms with Crippen molar-refractivity contribution in [2.24, 2.45) is 0 Å². The minimum absolute atomic E-state index is 0.160. The Bertz CT molecular complexity index is 1160. The second-order valence-corrected chi connectivity index (χ2v) is 9.12. The average molecular weight is 558 g/mol. The predicted molar refractivity (Wildman–Crippen MR) is 139 cm³/mol. The smallest absolute Gasteiger partial charge is 0.302 e. The molecule has 1 saturated heterocycles. The number of benzene rings is 3. The molecular formula is C29H31BrO6. The molecule has 0 spiro atoms. The molecule has 4 unspecified atom stereocenters. The van der Waals surface area contributed by atoms with Crippen LogP contribution in [0.25, 0.3) is 0 Å². The molecule has 1 aliphatic rings. The van der Waals surface area contributed by atoms with E-state index < -0.39 is 55.1 Å². The Morgan fingerprint density at radius 3 is 1.61 bits per heavy atom. The van der Waals surface area contributed by atoms with E-state index in [2.05, 4.69) is 15.9 Å². The molecule has 190 valence electrons. The van der Waals surface area contributed by atoms with Crippen LogP contribution >= 0.6 is 15.9 Å². The molecule has 0 radical (unpaired) electrons. The second-order valence-electron chi connectivity index (χ2n) is 8.22. The van der Waals surface area contributed by atoms with Gasteiger partial charge in [-0.2, -0.15) is 0 Å². The number of halogens is 1. The Balaban J connectivity index is 1.67. The maximum atomic E-state index is 11.7. The Labute approximate surface area is 224 Å². The van der Waals surface area contributed by atoms with Gasteiger partial charge in [-0.15, -0.1) is 0 Å². The molecule has 6 nitrogen and oxygen atoms in total. The van der Waals surface area contributed by atoms with Crippen LogP contribution in [0.4, 0.5) is 0 Å². The number of ether oxygens (including phenoxy) is 5. The van der Waals surface area contributed by atoms with Gasteiger partial charge in [0.2, 0.25) is 0 Å². The number of carbonyl (C=O) groups excluding carboxylic acids is 1. The van der Waals surface area contributed by atoms with Crippen molar-refractivity contribution in [3.63, 3.8) is 0 Å². The number of hydrogen-bond acceptors (Lipinski definition) is 6. The van der Waals surface area contributed by atoms with E-state index in [1.165, 1.54) is 6.92 Å². The zero-order chi connectivity index (χ0) is 27.8. The van der Waals surface area contributed by atoms with E-state index in [1.54, 1.807) is 36.4 Å². The van der Waals surface area contributed by atoms with Crippen LogP contribution in [0.3, 0.4) is 0 Å². The summed E-state index contributed by atoms with van der Waals surface area (Å²) in [7, 11) is 0. The van der Waals surface area contributed by atoms with Crippen LogP contribution in [-0.2, 0) is 48.2 Å². The van der Waals surface area contributed by atoms with Crippen LogP contribution in [-0.4, -0.2) is 42.0 Å². The van der Waals surface area contributed by atoms with Crippen LogP contribution in [0, 0.1) is 0 Å². The molecule has 0 saturated carbocycles. The van der Waals surface area contributed by atoms with Gasteiger partial charge in [0.05, 0.1) is 23.9 Å². The third kappa shape index (κ3) is 7.72. The lowest BCUT2D eigenvalue weighted by molar-refractivity contribution is -0.251. The van der Waals surface area contributed by atoms with E-state index in [0.717, 1.165) is 0 Å². The van der Waals surface area contributed by atoms with Crippen molar-refractivity contribution < 1.29 is 32.6 Å².